The minimum Gasteiger partial charge on any atom is -0.396 e. The SMILES string of the molecule is OCC1C[C@H]2CC[C@@H](C1)N2Cc1ccccc1. The van der Waals surface area contributed by atoms with E-state index < -0.39 is 0 Å². The zero-order valence-electron chi connectivity index (χ0n) is 10.3. The van der Waals surface area contributed by atoms with E-state index in [4.69, 9.17) is 0 Å². The van der Waals surface area contributed by atoms with Crippen molar-refractivity contribution in [3.05, 3.63) is 35.9 Å². The third kappa shape index (κ3) is 2.24. The number of nitrogens with zero attached hydrogens (tertiary/aromatic N) is 1. The second kappa shape index (κ2) is 4.79. The average Bonchev–Trinajstić information content (AvgIpc) is 2.63. The standard InChI is InChI=1S/C15H21NO/c17-11-13-8-14-6-7-15(9-13)16(14)10-12-4-2-1-3-5-12/h1-5,13-15,17H,6-11H2/t13?,14-,15+. The van der Waals surface area contributed by atoms with E-state index in [1.165, 1.54) is 31.2 Å². The highest BCUT2D eigenvalue weighted by atomic mass is 16.3. The number of aliphatic hydroxyl groups is 1. The number of rotatable bonds is 3. The molecule has 2 saturated heterocycles. The molecule has 2 aliphatic rings. The van der Waals surface area contributed by atoms with Crippen LogP contribution in [0, 0.1) is 5.92 Å². The fourth-order valence-electron chi connectivity index (χ4n) is 3.59. The molecule has 1 N–H and O–H groups in total. The van der Waals surface area contributed by atoms with Crippen LogP contribution in [-0.2, 0) is 6.54 Å². The van der Waals surface area contributed by atoms with Gasteiger partial charge < -0.3 is 5.11 Å². The largest absolute Gasteiger partial charge is 0.396 e. The van der Waals surface area contributed by atoms with Crippen LogP contribution >= 0.6 is 0 Å². The summed E-state index contributed by atoms with van der Waals surface area (Å²) in [6.07, 6.45) is 5.04. The summed E-state index contributed by atoms with van der Waals surface area (Å²) in [5, 5.41) is 9.31. The lowest BCUT2D eigenvalue weighted by atomic mass is 9.91. The van der Waals surface area contributed by atoms with Crippen LogP contribution in [0.4, 0.5) is 0 Å². The van der Waals surface area contributed by atoms with Crippen molar-refractivity contribution in [2.24, 2.45) is 5.92 Å². The molecule has 0 spiro atoms. The van der Waals surface area contributed by atoms with Gasteiger partial charge in [0.15, 0.2) is 0 Å². The van der Waals surface area contributed by atoms with Crippen LogP contribution in [0.3, 0.4) is 0 Å². The predicted octanol–water partition coefficient (Wildman–Crippen LogP) is 2.42. The molecule has 0 aliphatic carbocycles. The zero-order chi connectivity index (χ0) is 11.7. The topological polar surface area (TPSA) is 23.5 Å². The number of aliphatic hydroxyl groups excluding tert-OH is 1. The van der Waals surface area contributed by atoms with Crippen molar-refractivity contribution in [2.45, 2.75) is 44.3 Å². The van der Waals surface area contributed by atoms with Crippen molar-refractivity contribution in [3.63, 3.8) is 0 Å². The number of hydrogen-bond donors (Lipinski definition) is 1. The molecule has 92 valence electrons. The minimum atomic E-state index is 0.381. The van der Waals surface area contributed by atoms with Crippen molar-refractivity contribution >= 4 is 0 Å². The summed E-state index contributed by atoms with van der Waals surface area (Å²) in [6.45, 7) is 1.47. The Labute approximate surface area is 103 Å². The average molecular weight is 231 g/mol. The highest BCUT2D eigenvalue weighted by molar-refractivity contribution is 5.15. The maximum absolute atomic E-state index is 9.31. The Morgan fingerprint density at radius 1 is 1.06 bits per heavy atom. The summed E-state index contributed by atoms with van der Waals surface area (Å²) in [5.41, 5.74) is 1.42. The molecular formula is C15H21NO. The molecule has 0 amide bonds. The molecule has 2 heterocycles. The molecule has 0 aromatic heterocycles. The van der Waals surface area contributed by atoms with Crippen LogP contribution in [0.5, 0.6) is 0 Å². The van der Waals surface area contributed by atoms with Crippen LogP contribution in [0.25, 0.3) is 0 Å². The summed E-state index contributed by atoms with van der Waals surface area (Å²) in [6, 6.07) is 12.2. The van der Waals surface area contributed by atoms with Crippen molar-refractivity contribution < 1.29 is 5.11 Å². The van der Waals surface area contributed by atoms with Gasteiger partial charge in [-0.05, 0) is 37.2 Å². The van der Waals surface area contributed by atoms with Gasteiger partial charge in [0.25, 0.3) is 0 Å². The molecule has 17 heavy (non-hydrogen) atoms. The van der Waals surface area contributed by atoms with Crippen molar-refractivity contribution in [1.29, 1.82) is 0 Å². The summed E-state index contributed by atoms with van der Waals surface area (Å²) in [5.74, 6) is 0.555. The fourth-order valence-corrected chi connectivity index (χ4v) is 3.59. The van der Waals surface area contributed by atoms with Crippen molar-refractivity contribution in [3.8, 4) is 0 Å². The van der Waals surface area contributed by atoms with Gasteiger partial charge in [-0.3, -0.25) is 4.90 Å². The Hall–Kier alpha value is -0.860. The zero-order valence-corrected chi connectivity index (χ0v) is 10.3. The summed E-state index contributed by atoms with van der Waals surface area (Å²) in [7, 11) is 0. The fraction of sp³-hybridized carbons (Fsp3) is 0.600. The molecule has 0 saturated carbocycles. The van der Waals surface area contributed by atoms with Crippen molar-refractivity contribution in [2.75, 3.05) is 6.61 Å². The molecule has 2 fully saturated rings. The van der Waals surface area contributed by atoms with Crippen LogP contribution in [0.2, 0.25) is 0 Å². The first kappa shape index (κ1) is 11.2. The van der Waals surface area contributed by atoms with Gasteiger partial charge in [-0.2, -0.15) is 0 Å². The Kier molecular flexibility index (Phi) is 3.17. The summed E-state index contributed by atoms with van der Waals surface area (Å²) < 4.78 is 0. The highest BCUT2D eigenvalue weighted by Crippen LogP contribution is 2.39. The molecule has 2 aliphatic heterocycles. The van der Waals surface area contributed by atoms with E-state index in [0.29, 0.717) is 24.6 Å². The van der Waals surface area contributed by atoms with E-state index in [-0.39, 0.29) is 0 Å². The minimum absolute atomic E-state index is 0.381. The molecule has 1 unspecified atom stereocenters. The van der Waals surface area contributed by atoms with E-state index in [9.17, 15) is 5.11 Å². The quantitative estimate of drug-likeness (QED) is 0.863. The van der Waals surface area contributed by atoms with Crippen LogP contribution in [-0.4, -0.2) is 28.7 Å². The van der Waals surface area contributed by atoms with Gasteiger partial charge in [0.05, 0.1) is 0 Å². The number of hydrogen-bond acceptors (Lipinski definition) is 2. The third-order valence-electron chi connectivity index (χ3n) is 4.45. The van der Waals surface area contributed by atoms with E-state index in [2.05, 4.69) is 35.2 Å². The lowest BCUT2D eigenvalue weighted by molar-refractivity contribution is 0.0683. The van der Waals surface area contributed by atoms with Crippen LogP contribution in [0.1, 0.15) is 31.2 Å². The lowest BCUT2D eigenvalue weighted by Crippen LogP contribution is -2.43. The molecular weight excluding hydrogens is 210 g/mol. The van der Waals surface area contributed by atoms with Crippen LogP contribution < -0.4 is 0 Å². The normalized spacial score (nSPS) is 32.9. The first-order valence-corrected chi connectivity index (χ1v) is 6.77. The van der Waals surface area contributed by atoms with Gasteiger partial charge in [-0.15, -0.1) is 0 Å². The molecule has 0 radical (unpaired) electrons. The second-order valence-electron chi connectivity index (χ2n) is 5.56. The van der Waals surface area contributed by atoms with Gasteiger partial charge in [-0.25, -0.2) is 0 Å². The monoisotopic (exact) mass is 231 g/mol. The van der Waals surface area contributed by atoms with Gasteiger partial charge in [0.2, 0.25) is 0 Å². The molecule has 1 aromatic rings. The first-order chi connectivity index (χ1) is 8.36. The van der Waals surface area contributed by atoms with Gasteiger partial charge >= 0.3 is 0 Å². The second-order valence-corrected chi connectivity index (χ2v) is 5.56. The van der Waals surface area contributed by atoms with E-state index in [0.717, 1.165) is 6.54 Å². The molecule has 3 rings (SSSR count). The van der Waals surface area contributed by atoms with Crippen molar-refractivity contribution in [1.82, 2.24) is 4.90 Å². The smallest absolute Gasteiger partial charge is 0.0460 e. The molecule has 2 nitrogen and oxygen atoms in total. The molecule has 3 atom stereocenters. The Morgan fingerprint density at radius 2 is 1.71 bits per heavy atom. The Balaban J connectivity index is 1.69. The molecule has 2 bridgehead atoms. The molecule has 2 heteroatoms. The highest BCUT2D eigenvalue weighted by Gasteiger charge is 2.39. The number of piperidine rings is 1. The van der Waals surface area contributed by atoms with E-state index in [1.807, 2.05) is 0 Å². The van der Waals surface area contributed by atoms with E-state index >= 15 is 0 Å². The van der Waals surface area contributed by atoms with Gasteiger partial charge in [0.1, 0.15) is 0 Å². The summed E-state index contributed by atoms with van der Waals surface area (Å²) in [4.78, 5) is 2.67. The summed E-state index contributed by atoms with van der Waals surface area (Å²) >= 11 is 0. The van der Waals surface area contributed by atoms with E-state index in [1.54, 1.807) is 0 Å². The predicted molar refractivity (Wildman–Crippen MR) is 68.6 cm³/mol. The number of benzene rings is 1. The Bertz CT molecular complexity index is 350. The third-order valence-corrected chi connectivity index (χ3v) is 4.45. The first-order valence-electron chi connectivity index (χ1n) is 6.77. The van der Waals surface area contributed by atoms with Gasteiger partial charge in [0, 0.05) is 25.2 Å². The molecule has 1 aromatic carbocycles. The maximum atomic E-state index is 9.31. The lowest BCUT2D eigenvalue weighted by Gasteiger charge is -2.38. The van der Waals surface area contributed by atoms with Gasteiger partial charge in [-0.1, -0.05) is 30.3 Å². The number of fused-ring (bicyclic) bond motifs is 2. The Morgan fingerprint density at radius 3 is 2.29 bits per heavy atom. The maximum Gasteiger partial charge on any atom is 0.0460 e. The van der Waals surface area contributed by atoms with Crippen LogP contribution in [0.15, 0.2) is 30.3 Å².